The SMILES string of the molecule is CC(C)Cc1nc(-c2cnc(N3CCC(CCCOc4ccc(C(=O)NCCCCl)c(F)c4)CC3)nc2)no1. The molecule has 0 bridgehead atoms. The molecule has 0 radical (unpaired) electrons. The number of halogens is 2. The van der Waals surface area contributed by atoms with Crippen LogP contribution in [0.1, 0.15) is 62.2 Å². The van der Waals surface area contributed by atoms with Crippen molar-refractivity contribution in [3.05, 3.63) is 47.9 Å². The number of alkyl halides is 1. The molecule has 0 unspecified atom stereocenters. The van der Waals surface area contributed by atoms with Crippen molar-refractivity contribution in [1.29, 1.82) is 0 Å². The van der Waals surface area contributed by atoms with Crippen molar-refractivity contribution in [3.8, 4) is 17.1 Å². The zero-order chi connectivity index (χ0) is 27.6. The van der Waals surface area contributed by atoms with Crippen molar-refractivity contribution in [2.24, 2.45) is 11.8 Å². The average molecular weight is 559 g/mol. The first-order valence-electron chi connectivity index (χ1n) is 13.6. The van der Waals surface area contributed by atoms with Gasteiger partial charge in [0.25, 0.3) is 5.91 Å². The molecular weight excluding hydrogens is 523 g/mol. The van der Waals surface area contributed by atoms with Crippen LogP contribution in [0, 0.1) is 17.7 Å². The van der Waals surface area contributed by atoms with Gasteiger partial charge in [-0.25, -0.2) is 14.4 Å². The van der Waals surface area contributed by atoms with Crippen molar-refractivity contribution in [2.75, 3.05) is 37.0 Å². The molecule has 0 aliphatic carbocycles. The standard InChI is InChI=1S/C28H36ClFN6O3/c1-19(2)15-25-34-26(35-39-25)21-17-32-28(33-18-21)36-12-8-20(9-13-36)5-3-14-38-22-6-7-23(24(30)16-22)27(37)31-11-4-10-29/h6-7,16-20H,3-5,8-15H2,1-2H3,(H,31,37). The van der Waals surface area contributed by atoms with Gasteiger partial charge in [-0.2, -0.15) is 4.98 Å². The molecule has 2 aromatic heterocycles. The Balaban J connectivity index is 1.16. The summed E-state index contributed by atoms with van der Waals surface area (Å²) in [4.78, 5) is 27.8. The molecule has 9 nitrogen and oxygen atoms in total. The number of hydrogen-bond acceptors (Lipinski definition) is 8. The van der Waals surface area contributed by atoms with Crippen molar-refractivity contribution in [1.82, 2.24) is 25.4 Å². The lowest BCUT2D eigenvalue weighted by Gasteiger charge is -2.32. The molecule has 1 saturated heterocycles. The summed E-state index contributed by atoms with van der Waals surface area (Å²) in [5, 5.41) is 6.70. The molecule has 1 fully saturated rings. The van der Waals surface area contributed by atoms with E-state index in [1.807, 2.05) is 0 Å². The van der Waals surface area contributed by atoms with Crippen LogP contribution in [0.5, 0.6) is 5.75 Å². The number of piperidine rings is 1. The lowest BCUT2D eigenvalue weighted by atomic mass is 9.92. The topological polar surface area (TPSA) is 106 Å². The maximum absolute atomic E-state index is 14.3. The average Bonchev–Trinajstić information content (AvgIpc) is 3.39. The summed E-state index contributed by atoms with van der Waals surface area (Å²) >= 11 is 5.60. The minimum atomic E-state index is -0.591. The second-order valence-electron chi connectivity index (χ2n) is 10.2. The van der Waals surface area contributed by atoms with Gasteiger partial charge in [0.15, 0.2) is 0 Å². The molecule has 0 atom stereocenters. The van der Waals surface area contributed by atoms with Crippen LogP contribution >= 0.6 is 11.6 Å². The predicted molar refractivity (Wildman–Crippen MR) is 148 cm³/mol. The number of amides is 1. The molecule has 210 valence electrons. The third-order valence-corrected chi connectivity index (χ3v) is 6.92. The Bertz CT molecular complexity index is 1200. The fourth-order valence-corrected chi connectivity index (χ4v) is 4.66. The molecule has 1 aliphatic rings. The Hall–Kier alpha value is -3.27. The number of nitrogens with one attached hydrogen (secondary N) is 1. The lowest BCUT2D eigenvalue weighted by molar-refractivity contribution is 0.0949. The summed E-state index contributed by atoms with van der Waals surface area (Å²) in [7, 11) is 0. The smallest absolute Gasteiger partial charge is 0.254 e. The minimum absolute atomic E-state index is 0.00730. The summed E-state index contributed by atoms with van der Waals surface area (Å²) in [6, 6.07) is 4.35. The molecule has 11 heteroatoms. The van der Waals surface area contributed by atoms with Crippen LogP contribution < -0.4 is 15.0 Å². The molecule has 3 aromatic rings. The van der Waals surface area contributed by atoms with Gasteiger partial charge in [0.1, 0.15) is 11.6 Å². The first kappa shape index (κ1) is 28.7. The van der Waals surface area contributed by atoms with E-state index in [-0.39, 0.29) is 5.56 Å². The van der Waals surface area contributed by atoms with Crippen LogP contribution in [-0.2, 0) is 6.42 Å². The first-order valence-corrected chi connectivity index (χ1v) is 14.1. The molecule has 1 aliphatic heterocycles. The Labute approximate surface area is 233 Å². The van der Waals surface area contributed by atoms with Crippen molar-refractivity contribution in [3.63, 3.8) is 0 Å². The van der Waals surface area contributed by atoms with E-state index in [0.29, 0.717) is 60.7 Å². The largest absolute Gasteiger partial charge is 0.493 e. The van der Waals surface area contributed by atoms with E-state index >= 15 is 0 Å². The van der Waals surface area contributed by atoms with Crippen molar-refractivity contribution < 1.29 is 18.4 Å². The van der Waals surface area contributed by atoms with Crippen LogP contribution in [0.15, 0.2) is 35.1 Å². The summed E-state index contributed by atoms with van der Waals surface area (Å²) < 4.78 is 25.4. The number of hydrogen-bond donors (Lipinski definition) is 1. The third kappa shape index (κ3) is 8.36. The highest BCUT2D eigenvalue weighted by Gasteiger charge is 2.21. The van der Waals surface area contributed by atoms with Crippen LogP contribution in [0.3, 0.4) is 0 Å². The van der Waals surface area contributed by atoms with Gasteiger partial charge in [0.05, 0.1) is 17.7 Å². The second kappa shape index (κ2) is 14.2. The molecule has 39 heavy (non-hydrogen) atoms. The van der Waals surface area contributed by atoms with E-state index in [0.717, 1.165) is 50.8 Å². The molecule has 4 rings (SSSR count). The fourth-order valence-electron chi connectivity index (χ4n) is 4.52. The highest BCUT2D eigenvalue weighted by Crippen LogP contribution is 2.25. The summed E-state index contributed by atoms with van der Waals surface area (Å²) in [5.74, 6) is 2.73. The van der Waals surface area contributed by atoms with Gasteiger partial charge in [0, 0.05) is 50.4 Å². The van der Waals surface area contributed by atoms with Crippen LogP contribution in [0.2, 0.25) is 0 Å². The number of nitrogens with zero attached hydrogens (tertiary/aromatic N) is 5. The molecule has 1 N–H and O–H groups in total. The number of aromatic nitrogens is 4. The number of carbonyl (C=O) groups excluding carboxylic acids is 1. The van der Waals surface area contributed by atoms with E-state index < -0.39 is 11.7 Å². The van der Waals surface area contributed by atoms with Crippen molar-refractivity contribution in [2.45, 2.75) is 52.4 Å². The van der Waals surface area contributed by atoms with Crippen molar-refractivity contribution >= 4 is 23.5 Å². The first-order chi connectivity index (χ1) is 18.9. The van der Waals surface area contributed by atoms with Gasteiger partial charge in [-0.15, -0.1) is 11.6 Å². The van der Waals surface area contributed by atoms with Gasteiger partial charge in [-0.1, -0.05) is 19.0 Å². The molecule has 0 saturated carbocycles. The molecular formula is C28H36ClFN6O3. The summed E-state index contributed by atoms with van der Waals surface area (Å²) in [5.41, 5.74) is 0.750. The van der Waals surface area contributed by atoms with Gasteiger partial charge in [0.2, 0.25) is 17.7 Å². The highest BCUT2D eigenvalue weighted by molar-refractivity contribution is 6.17. The van der Waals surface area contributed by atoms with E-state index in [2.05, 4.69) is 44.2 Å². The normalized spacial score (nSPS) is 14.1. The van der Waals surface area contributed by atoms with Gasteiger partial charge in [-0.3, -0.25) is 4.79 Å². The zero-order valence-corrected chi connectivity index (χ0v) is 23.3. The minimum Gasteiger partial charge on any atom is -0.493 e. The Kier molecular flexibility index (Phi) is 10.5. The Morgan fingerprint density at radius 2 is 2.00 bits per heavy atom. The van der Waals surface area contributed by atoms with E-state index in [4.69, 9.17) is 20.9 Å². The number of anilines is 1. The summed E-state index contributed by atoms with van der Waals surface area (Å²) in [6.07, 6.45) is 8.90. The van der Waals surface area contributed by atoms with Crippen LogP contribution in [-0.4, -0.2) is 58.1 Å². The Morgan fingerprint density at radius 3 is 2.69 bits per heavy atom. The quantitative estimate of drug-likeness (QED) is 0.222. The molecule has 1 aromatic carbocycles. The maximum atomic E-state index is 14.3. The summed E-state index contributed by atoms with van der Waals surface area (Å²) in [6.45, 7) is 6.92. The van der Waals surface area contributed by atoms with Crippen LogP contribution in [0.4, 0.5) is 10.3 Å². The number of benzene rings is 1. The van der Waals surface area contributed by atoms with Crippen LogP contribution in [0.25, 0.3) is 11.4 Å². The number of carbonyl (C=O) groups is 1. The van der Waals surface area contributed by atoms with Gasteiger partial charge >= 0.3 is 0 Å². The Morgan fingerprint density at radius 1 is 1.23 bits per heavy atom. The van der Waals surface area contributed by atoms with Gasteiger partial charge < -0.3 is 19.5 Å². The highest BCUT2D eigenvalue weighted by atomic mass is 35.5. The molecule has 3 heterocycles. The number of rotatable bonds is 13. The van der Waals surface area contributed by atoms with E-state index in [1.54, 1.807) is 18.5 Å². The number of ether oxygens (including phenoxy) is 1. The predicted octanol–water partition coefficient (Wildman–Crippen LogP) is 5.30. The molecule has 0 spiro atoms. The lowest BCUT2D eigenvalue weighted by Crippen LogP contribution is -2.34. The fraction of sp³-hybridized carbons (Fsp3) is 0.536. The second-order valence-corrected chi connectivity index (χ2v) is 10.6. The molecule has 1 amide bonds. The third-order valence-electron chi connectivity index (χ3n) is 6.65. The monoisotopic (exact) mass is 558 g/mol. The van der Waals surface area contributed by atoms with E-state index in [1.165, 1.54) is 12.1 Å². The maximum Gasteiger partial charge on any atom is 0.254 e. The van der Waals surface area contributed by atoms with Gasteiger partial charge in [-0.05, 0) is 56.1 Å². The van der Waals surface area contributed by atoms with E-state index in [9.17, 15) is 9.18 Å². The zero-order valence-electron chi connectivity index (χ0n) is 22.5.